The molecule has 2 aliphatic heterocycles. The van der Waals surface area contributed by atoms with Crippen molar-refractivity contribution in [3.05, 3.63) is 16.1 Å². The molecule has 154 valence electrons. The summed E-state index contributed by atoms with van der Waals surface area (Å²) in [7, 11) is 1.87. The van der Waals surface area contributed by atoms with Crippen molar-refractivity contribution in [2.45, 2.75) is 50.8 Å². The van der Waals surface area contributed by atoms with Gasteiger partial charge in [-0.15, -0.1) is 35.3 Å². The van der Waals surface area contributed by atoms with E-state index in [0.29, 0.717) is 0 Å². The zero-order chi connectivity index (χ0) is 18.2. The van der Waals surface area contributed by atoms with Crippen LogP contribution in [0.1, 0.15) is 43.3 Å². The first-order valence-corrected chi connectivity index (χ1v) is 11.9. The molecule has 1 atom stereocenters. The van der Waals surface area contributed by atoms with E-state index in [2.05, 4.69) is 44.6 Å². The number of aromatic nitrogens is 1. The van der Waals surface area contributed by atoms with Crippen LogP contribution in [0.15, 0.2) is 10.4 Å². The van der Waals surface area contributed by atoms with Crippen LogP contribution in [0.4, 0.5) is 0 Å². The zero-order valence-corrected chi connectivity index (χ0v) is 20.5. The maximum Gasteiger partial charge on any atom is 0.191 e. The Labute approximate surface area is 189 Å². The van der Waals surface area contributed by atoms with Crippen LogP contribution < -0.4 is 10.6 Å². The number of aliphatic imine (C=N–C) groups is 1. The van der Waals surface area contributed by atoms with Crippen LogP contribution in [-0.4, -0.2) is 60.1 Å². The van der Waals surface area contributed by atoms with Crippen molar-refractivity contribution in [1.29, 1.82) is 0 Å². The average molecular weight is 524 g/mol. The second kappa shape index (κ2) is 12.5. The van der Waals surface area contributed by atoms with Crippen molar-refractivity contribution in [3.63, 3.8) is 0 Å². The van der Waals surface area contributed by atoms with Gasteiger partial charge in [-0.05, 0) is 56.9 Å². The van der Waals surface area contributed by atoms with Crippen LogP contribution in [0, 0.1) is 5.92 Å². The first-order valence-electron chi connectivity index (χ1n) is 9.98. The van der Waals surface area contributed by atoms with Crippen LogP contribution in [0.3, 0.4) is 0 Å². The van der Waals surface area contributed by atoms with E-state index in [1.165, 1.54) is 55.2 Å². The fourth-order valence-electron chi connectivity index (χ4n) is 3.64. The summed E-state index contributed by atoms with van der Waals surface area (Å²) in [5, 5.41) is 11.3. The highest BCUT2D eigenvalue weighted by Crippen LogP contribution is 2.25. The largest absolute Gasteiger partial charge is 0.356 e. The lowest BCUT2D eigenvalue weighted by molar-refractivity contribution is 0.176. The third-order valence-electron chi connectivity index (χ3n) is 5.30. The van der Waals surface area contributed by atoms with E-state index >= 15 is 0 Å². The van der Waals surface area contributed by atoms with Crippen LogP contribution in [0.25, 0.3) is 0 Å². The molecule has 1 aromatic heterocycles. The molecule has 2 aliphatic rings. The fourth-order valence-corrected chi connectivity index (χ4v) is 5.58. The molecule has 2 fully saturated rings. The van der Waals surface area contributed by atoms with Gasteiger partial charge in [0.25, 0.3) is 0 Å². The second-order valence-electron chi connectivity index (χ2n) is 7.27. The van der Waals surface area contributed by atoms with Crippen LogP contribution in [0.2, 0.25) is 0 Å². The average Bonchev–Trinajstić information content (AvgIpc) is 3.35. The summed E-state index contributed by atoms with van der Waals surface area (Å²) in [4.78, 5) is 11.6. The molecule has 8 heteroatoms. The maximum absolute atomic E-state index is 4.70. The van der Waals surface area contributed by atoms with Gasteiger partial charge in [0, 0.05) is 37.3 Å². The summed E-state index contributed by atoms with van der Waals surface area (Å²) in [6.07, 6.45) is 6.27. The van der Waals surface area contributed by atoms with Crippen molar-refractivity contribution in [1.82, 2.24) is 20.5 Å². The number of nitrogens with zero attached hydrogens (tertiary/aromatic N) is 3. The zero-order valence-electron chi connectivity index (χ0n) is 16.6. The van der Waals surface area contributed by atoms with Gasteiger partial charge in [-0.25, -0.2) is 4.98 Å². The van der Waals surface area contributed by atoms with Gasteiger partial charge in [0.05, 0.1) is 10.7 Å². The van der Waals surface area contributed by atoms with Gasteiger partial charge >= 0.3 is 0 Å². The van der Waals surface area contributed by atoms with E-state index in [1.54, 1.807) is 11.3 Å². The van der Waals surface area contributed by atoms with Gasteiger partial charge < -0.3 is 10.6 Å². The Morgan fingerprint density at radius 1 is 1.26 bits per heavy atom. The molecule has 0 radical (unpaired) electrons. The monoisotopic (exact) mass is 523 g/mol. The highest BCUT2D eigenvalue weighted by Gasteiger charge is 2.20. The van der Waals surface area contributed by atoms with E-state index in [1.807, 2.05) is 7.05 Å². The molecular formula is C19H34IN5S2. The van der Waals surface area contributed by atoms with E-state index in [-0.39, 0.29) is 24.0 Å². The minimum Gasteiger partial charge on any atom is -0.356 e. The Kier molecular flexibility index (Phi) is 10.7. The molecular weight excluding hydrogens is 489 g/mol. The summed E-state index contributed by atoms with van der Waals surface area (Å²) in [6.45, 7) is 7.61. The summed E-state index contributed by atoms with van der Waals surface area (Å²) < 4.78 is 0. The van der Waals surface area contributed by atoms with E-state index in [0.717, 1.165) is 43.2 Å². The topological polar surface area (TPSA) is 52.6 Å². The molecule has 0 saturated carbocycles. The Bertz CT molecular complexity index is 566. The predicted molar refractivity (Wildman–Crippen MR) is 130 cm³/mol. The van der Waals surface area contributed by atoms with Gasteiger partial charge in [0.2, 0.25) is 0 Å². The van der Waals surface area contributed by atoms with Gasteiger partial charge in [0.1, 0.15) is 0 Å². The predicted octanol–water partition coefficient (Wildman–Crippen LogP) is 3.60. The van der Waals surface area contributed by atoms with E-state index < -0.39 is 0 Å². The minimum atomic E-state index is 0. The standard InChI is InChI=1S/C19H33N5S2.HI/c1-3-18-23-16(14-26-18)13-24-8-6-15(7-9-24)11-21-19(20-2)22-12-17-5-4-10-25-17;/h14-15,17H,3-13H2,1-2H3,(H2,20,21,22);1H. The van der Waals surface area contributed by atoms with Crippen LogP contribution in [-0.2, 0) is 13.0 Å². The van der Waals surface area contributed by atoms with Crippen LogP contribution in [0.5, 0.6) is 0 Å². The number of hydrogen-bond donors (Lipinski definition) is 2. The molecule has 0 aliphatic carbocycles. The molecule has 27 heavy (non-hydrogen) atoms. The summed E-state index contributed by atoms with van der Waals surface area (Å²) in [6, 6.07) is 0. The second-order valence-corrected chi connectivity index (χ2v) is 9.63. The lowest BCUT2D eigenvalue weighted by Gasteiger charge is -2.31. The van der Waals surface area contributed by atoms with Gasteiger partial charge in [-0.2, -0.15) is 11.8 Å². The number of guanidine groups is 1. The number of likely N-dealkylation sites (tertiary alicyclic amines) is 1. The lowest BCUT2D eigenvalue weighted by Crippen LogP contribution is -2.44. The summed E-state index contributed by atoms with van der Waals surface area (Å²) in [5.74, 6) is 3.03. The number of thiazole rings is 1. The summed E-state index contributed by atoms with van der Waals surface area (Å²) >= 11 is 3.89. The first kappa shape index (κ1) is 23.2. The number of hydrogen-bond acceptors (Lipinski definition) is 5. The highest BCUT2D eigenvalue weighted by atomic mass is 127. The molecule has 1 aromatic rings. The quantitative estimate of drug-likeness (QED) is 0.325. The number of rotatable bonds is 7. The number of thioether (sulfide) groups is 1. The Hall–Kier alpha value is -0.0600. The first-order chi connectivity index (χ1) is 12.8. The molecule has 3 heterocycles. The molecule has 0 bridgehead atoms. The van der Waals surface area contributed by atoms with E-state index in [4.69, 9.17) is 4.98 Å². The Morgan fingerprint density at radius 3 is 2.67 bits per heavy atom. The molecule has 3 rings (SSSR count). The summed E-state index contributed by atoms with van der Waals surface area (Å²) in [5.41, 5.74) is 1.25. The van der Waals surface area contributed by atoms with Crippen molar-refractivity contribution in [2.75, 3.05) is 39.0 Å². The number of aryl methyl sites for hydroxylation is 1. The van der Waals surface area contributed by atoms with Gasteiger partial charge in [-0.1, -0.05) is 6.92 Å². The third-order valence-corrected chi connectivity index (χ3v) is 7.74. The van der Waals surface area contributed by atoms with Crippen molar-refractivity contribution in [3.8, 4) is 0 Å². The Balaban J connectivity index is 0.00000261. The van der Waals surface area contributed by atoms with E-state index in [9.17, 15) is 0 Å². The smallest absolute Gasteiger partial charge is 0.191 e. The van der Waals surface area contributed by atoms with Crippen LogP contribution >= 0.6 is 47.1 Å². The molecule has 0 spiro atoms. The molecule has 0 amide bonds. The number of nitrogens with one attached hydrogen (secondary N) is 2. The maximum atomic E-state index is 4.70. The normalized spacial score (nSPS) is 21.9. The Morgan fingerprint density at radius 2 is 2.04 bits per heavy atom. The fraction of sp³-hybridized carbons (Fsp3) is 0.789. The highest BCUT2D eigenvalue weighted by molar-refractivity contribution is 14.0. The van der Waals surface area contributed by atoms with Crippen molar-refractivity contribution >= 4 is 53.0 Å². The van der Waals surface area contributed by atoms with Crippen molar-refractivity contribution in [2.24, 2.45) is 10.9 Å². The third kappa shape index (κ3) is 7.70. The molecule has 2 N–H and O–H groups in total. The molecule has 2 saturated heterocycles. The molecule has 1 unspecified atom stereocenters. The minimum absolute atomic E-state index is 0. The number of halogens is 1. The van der Waals surface area contributed by atoms with Gasteiger partial charge in [-0.3, -0.25) is 9.89 Å². The lowest BCUT2D eigenvalue weighted by atomic mass is 9.97. The van der Waals surface area contributed by atoms with Gasteiger partial charge in [0.15, 0.2) is 5.96 Å². The SMILES string of the molecule is CCc1nc(CN2CCC(CNC(=NC)NCC3CCCS3)CC2)cs1.I. The van der Waals surface area contributed by atoms with Crippen molar-refractivity contribution < 1.29 is 0 Å². The molecule has 5 nitrogen and oxygen atoms in total. The number of piperidine rings is 1. The molecule has 0 aromatic carbocycles.